The highest BCUT2D eigenvalue weighted by Gasteiger charge is 2.29. The highest BCUT2D eigenvalue weighted by Crippen LogP contribution is 2.50. The number of hydrogen-bond donors (Lipinski definition) is 1. The fourth-order valence-electron chi connectivity index (χ4n) is 4.65. The molecule has 0 spiro atoms. The van der Waals surface area contributed by atoms with Gasteiger partial charge in [0.2, 0.25) is 0 Å². The second-order valence-electron chi connectivity index (χ2n) is 8.10. The zero-order valence-corrected chi connectivity index (χ0v) is 19.1. The molecule has 1 unspecified atom stereocenters. The molecule has 6 heteroatoms. The number of phenols is 1. The van der Waals surface area contributed by atoms with E-state index in [1.807, 2.05) is 37.3 Å². The van der Waals surface area contributed by atoms with Crippen molar-refractivity contribution in [2.24, 2.45) is 0 Å². The van der Waals surface area contributed by atoms with E-state index in [-0.39, 0.29) is 11.9 Å². The molecule has 0 saturated heterocycles. The van der Waals surface area contributed by atoms with Gasteiger partial charge >= 0.3 is 0 Å². The van der Waals surface area contributed by atoms with Crippen LogP contribution in [0.3, 0.4) is 0 Å². The summed E-state index contributed by atoms with van der Waals surface area (Å²) in [5.41, 5.74) is 4.01. The Hall–Kier alpha value is -3.80. The van der Waals surface area contributed by atoms with E-state index in [1.165, 1.54) is 0 Å². The van der Waals surface area contributed by atoms with Crippen LogP contribution in [0.5, 0.6) is 28.7 Å². The molecule has 6 nitrogen and oxygen atoms in total. The first-order chi connectivity index (χ1) is 16.0. The quantitative estimate of drug-likeness (QED) is 0.393. The van der Waals surface area contributed by atoms with Gasteiger partial charge in [-0.3, -0.25) is 0 Å². The molecule has 2 heterocycles. The number of benzene rings is 3. The van der Waals surface area contributed by atoms with Crippen molar-refractivity contribution in [3.05, 3.63) is 65.2 Å². The summed E-state index contributed by atoms with van der Waals surface area (Å²) in [5, 5.41) is 11.6. The van der Waals surface area contributed by atoms with Crippen molar-refractivity contribution in [3.8, 4) is 40.1 Å². The monoisotopic (exact) mass is 446 g/mol. The number of phenolic OH excluding ortho intramolecular Hbond substituents is 1. The number of rotatable bonds is 5. The Balaban J connectivity index is 1.68. The second-order valence-corrected chi connectivity index (χ2v) is 8.10. The van der Waals surface area contributed by atoms with Crippen LogP contribution in [-0.4, -0.2) is 26.4 Å². The molecule has 3 aromatic carbocycles. The first kappa shape index (κ1) is 21.1. The first-order valence-electron chi connectivity index (χ1n) is 10.9. The van der Waals surface area contributed by atoms with Gasteiger partial charge in [0.1, 0.15) is 51.8 Å². The van der Waals surface area contributed by atoms with E-state index >= 15 is 0 Å². The lowest BCUT2D eigenvalue weighted by atomic mass is 9.95. The van der Waals surface area contributed by atoms with Crippen LogP contribution in [-0.2, 0) is 6.42 Å². The topological polar surface area (TPSA) is 70.3 Å². The van der Waals surface area contributed by atoms with Crippen molar-refractivity contribution in [2.75, 3.05) is 21.3 Å². The number of ether oxygens (including phenoxy) is 4. The maximum Gasteiger partial charge on any atom is 0.143 e. The number of fused-ring (bicyclic) bond motifs is 3. The van der Waals surface area contributed by atoms with E-state index in [4.69, 9.17) is 23.4 Å². The fraction of sp³-hybridized carbons (Fsp3) is 0.259. The highest BCUT2D eigenvalue weighted by molar-refractivity contribution is 5.93. The molecule has 5 rings (SSSR count). The van der Waals surface area contributed by atoms with E-state index in [0.29, 0.717) is 28.4 Å². The van der Waals surface area contributed by atoms with E-state index in [1.54, 1.807) is 27.4 Å². The van der Waals surface area contributed by atoms with Gasteiger partial charge in [-0.25, -0.2) is 0 Å². The smallest absolute Gasteiger partial charge is 0.143 e. The van der Waals surface area contributed by atoms with Crippen LogP contribution in [0.15, 0.2) is 52.9 Å². The summed E-state index contributed by atoms with van der Waals surface area (Å²) in [5.74, 6) is 3.01. The van der Waals surface area contributed by atoms with Crippen molar-refractivity contribution < 1.29 is 28.5 Å². The Morgan fingerprint density at radius 2 is 1.70 bits per heavy atom. The Morgan fingerprint density at radius 1 is 0.939 bits per heavy atom. The van der Waals surface area contributed by atoms with Gasteiger partial charge in [-0.1, -0.05) is 30.3 Å². The van der Waals surface area contributed by atoms with Gasteiger partial charge in [-0.15, -0.1) is 0 Å². The lowest BCUT2D eigenvalue weighted by Crippen LogP contribution is -2.16. The average molecular weight is 446 g/mol. The molecule has 1 N–H and O–H groups in total. The third kappa shape index (κ3) is 3.42. The number of methoxy groups -OCH3 is 3. The summed E-state index contributed by atoms with van der Waals surface area (Å²) in [6, 6.07) is 15.5. The zero-order valence-electron chi connectivity index (χ0n) is 19.1. The van der Waals surface area contributed by atoms with Gasteiger partial charge in [0.05, 0.1) is 26.7 Å². The lowest BCUT2D eigenvalue weighted by Gasteiger charge is -2.28. The maximum atomic E-state index is 10.8. The minimum Gasteiger partial charge on any atom is -0.507 e. The molecule has 1 aliphatic rings. The van der Waals surface area contributed by atoms with Crippen LogP contribution in [0.1, 0.15) is 29.2 Å². The summed E-state index contributed by atoms with van der Waals surface area (Å²) in [4.78, 5) is 0. The van der Waals surface area contributed by atoms with Gasteiger partial charge < -0.3 is 28.5 Å². The molecule has 1 aromatic heterocycles. The van der Waals surface area contributed by atoms with Crippen LogP contribution in [0, 0.1) is 6.92 Å². The van der Waals surface area contributed by atoms with Gasteiger partial charge in [-0.2, -0.15) is 0 Å². The van der Waals surface area contributed by atoms with Gasteiger partial charge in [-0.05, 0) is 31.4 Å². The number of aromatic hydroxyl groups is 1. The molecule has 0 bridgehead atoms. The Kier molecular flexibility index (Phi) is 5.29. The predicted molar refractivity (Wildman–Crippen MR) is 126 cm³/mol. The molecule has 0 saturated carbocycles. The number of furan rings is 1. The summed E-state index contributed by atoms with van der Waals surface area (Å²) < 4.78 is 29.4. The molecule has 0 amide bonds. The summed E-state index contributed by atoms with van der Waals surface area (Å²) in [7, 11) is 4.77. The minimum atomic E-state index is -0.0569. The molecule has 0 fully saturated rings. The predicted octanol–water partition coefficient (Wildman–Crippen LogP) is 6.21. The normalized spacial score (nSPS) is 15.1. The molecule has 33 heavy (non-hydrogen) atoms. The zero-order chi connectivity index (χ0) is 23.1. The number of hydrogen-bond acceptors (Lipinski definition) is 6. The van der Waals surface area contributed by atoms with Crippen LogP contribution in [0.25, 0.3) is 22.3 Å². The molecule has 0 radical (unpaired) electrons. The molecule has 4 aromatic rings. The van der Waals surface area contributed by atoms with Gasteiger partial charge in [0.25, 0.3) is 0 Å². The van der Waals surface area contributed by atoms with Crippen molar-refractivity contribution in [2.45, 2.75) is 25.9 Å². The molecule has 1 aliphatic heterocycles. The van der Waals surface area contributed by atoms with Crippen LogP contribution in [0.2, 0.25) is 0 Å². The van der Waals surface area contributed by atoms with E-state index in [0.717, 1.165) is 46.4 Å². The van der Waals surface area contributed by atoms with E-state index in [2.05, 4.69) is 12.1 Å². The standard InChI is InChI=1S/C27H26O6/c1-15-21(29-2)13-19(28)25(26(15)31-4)24-12-18-23(32-24)14-22(30-3)17-10-11-20(33-27(17)18)16-8-6-5-7-9-16/h5-9,12-14,20,28H,10-11H2,1-4H3. The van der Waals surface area contributed by atoms with Crippen LogP contribution in [0.4, 0.5) is 0 Å². The molecule has 170 valence electrons. The molecule has 1 atom stereocenters. The van der Waals surface area contributed by atoms with Crippen molar-refractivity contribution in [1.82, 2.24) is 0 Å². The summed E-state index contributed by atoms with van der Waals surface area (Å²) in [6.45, 7) is 1.88. The third-order valence-electron chi connectivity index (χ3n) is 6.28. The van der Waals surface area contributed by atoms with Crippen LogP contribution < -0.4 is 18.9 Å². The Labute approximate surface area is 192 Å². The van der Waals surface area contributed by atoms with E-state index < -0.39 is 0 Å². The molecular formula is C27H26O6. The van der Waals surface area contributed by atoms with Crippen molar-refractivity contribution in [3.63, 3.8) is 0 Å². The average Bonchev–Trinajstić information content (AvgIpc) is 3.28. The second kappa shape index (κ2) is 8.28. The fourth-order valence-corrected chi connectivity index (χ4v) is 4.65. The Morgan fingerprint density at radius 3 is 2.39 bits per heavy atom. The maximum absolute atomic E-state index is 10.8. The first-order valence-corrected chi connectivity index (χ1v) is 10.9. The van der Waals surface area contributed by atoms with Crippen molar-refractivity contribution >= 4 is 11.0 Å². The lowest BCUT2D eigenvalue weighted by molar-refractivity contribution is 0.177. The highest BCUT2D eigenvalue weighted by atomic mass is 16.5. The van der Waals surface area contributed by atoms with Gasteiger partial charge in [0, 0.05) is 23.3 Å². The third-order valence-corrected chi connectivity index (χ3v) is 6.28. The summed E-state index contributed by atoms with van der Waals surface area (Å²) in [6.07, 6.45) is 1.62. The van der Waals surface area contributed by atoms with E-state index in [9.17, 15) is 5.11 Å². The SMILES string of the molecule is COc1cc(O)c(-c2cc3c4c(c(OC)cc3o2)CCC(c2ccccc2)O4)c(OC)c1C. The van der Waals surface area contributed by atoms with Crippen LogP contribution >= 0.6 is 0 Å². The van der Waals surface area contributed by atoms with Crippen molar-refractivity contribution in [1.29, 1.82) is 0 Å². The summed E-state index contributed by atoms with van der Waals surface area (Å²) >= 11 is 0. The molecular weight excluding hydrogens is 420 g/mol. The largest absolute Gasteiger partial charge is 0.507 e. The minimum absolute atomic E-state index is 0.0114. The Bertz CT molecular complexity index is 1320. The van der Waals surface area contributed by atoms with Gasteiger partial charge in [0.15, 0.2) is 0 Å². The molecule has 0 aliphatic carbocycles.